The van der Waals surface area contributed by atoms with E-state index in [1.165, 1.54) is 18.2 Å². The summed E-state index contributed by atoms with van der Waals surface area (Å²) in [5.41, 5.74) is 2.00. The van der Waals surface area contributed by atoms with Gasteiger partial charge in [0, 0.05) is 10.6 Å². The van der Waals surface area contributed by atoms with Gasteiger partial charge in [-0.15, -0.1) is 0 Å². The van der Waals surface area contributed by atoms with Crippen LogP contribution in [0.4, 0.5) is 0 Å². The van der Waals surface area contributed by atoms with Crippen molar-refractivity contribution in [2.24, 2.45) is 0 Å². The zero-order valence-electron chi connectivity index (χ0n) is 10.3. The first-order chi connectivity index (χ1) is 9.06. The fourth-order valence-corrected chi connectivity index (χ4v) is 1.70. The van der Waals surface area contributed by atoms with Crippen molar-refractivity contribution in [1.82, 2.24) is 0 Å². The molecule has 0 radical (unpaired) electrons. The summed E-state index contributed by atoms with van der Waals surface area (Å²) in [6.07, 6.45) is 0. The summed E-state index contributed by atoms with van der Waals surface area (Å²) >= 11 is 5.78. The second-order valence-corrected chi connectivity index (χ2v) is 4.54. The maximum Gasteiger partial charge on any atom is 0.240 e. The summed E-state index contributed by atoms with van der Waals surface area (Å²) in [5, 5.41) is 9.98. The molecule has 19 heavy (non-hydrogen) atoms. The highest BCUT2D eigenvalue weighted by Crippen LogP contribution is 2.21. The van der Waals surface area contributed by atoms with E-state index in [-0.39, 0.29) is 11.3 Å². The topological polar surface area (TPSA) is 37.3 Å². The lowest BCUT2D eigenvalue weighted by Crippen LogP contribution is -1.95. The average Bonchev–Trinajstić information content (AvgIpc) is 2.40. The molecule has 0 amide bonds. The molecule has 0 aliphatic heterocycles. The van der Waals surface area contributed by atoms with Gasteiger partial charge in [0.25, 0.3) is 0 Å². The van der Waals surface area contributed by atoms with Crippen molar-refractivity contribution in [3.05, 3.63) is 64.2 Å². The molecule has 94 valence electrons. The van der Waals surface area contributed by atoms with E-state index in [9.17, 15) is 9.90 Å². The van der Waals surface area contributed by atoms with Crippen LogP contribution in [0.25, 0.3) is 0 Å². The second kappa shape index (κ2) is 5.60. The minimum atomic E-state index is -0.458. The Hall–Kier alpha value is -2.24. The van der Waals surface area contributed by atoms with E-state index in [1.54, 1.807) is 0 Å². The molecule has 0 unspecified atom stereocenters. The predicted octanol–water partition coefficient (Wildman–Crippen LogP) is 3.59. The second-order valence-electron chi connectivity index (χ2n) is 4.11. The molecule has 0 saturated carbocycles. The Balaban J connectivity index is 2.27. The Morgan fingerprint density at radius 1 is 1.16 bits per heavy atom. The highest BCUT2D eigenvalue weighted by atomic mass is 35.5. The molecule has 2 rings (SSSR count). The predicted molar refractivity (Wildman–Crippen MR) is 75.5 cm³/mol. The lowest BCUT2D eigenvalue weighted by molar-refractivity contribution is 0.105. The molecule has 0 atom stereocenters. The summed E-state index contributed by atoms with van der Waals surface area (Å²) in [7, 11) is 0. The molecule has 0 saturated heterocycles. The van der Waals surface area contributed by atoms with Crippen LogP contribution in [-0.4, -0.2) is 10.9 Å². The molecule has 0 aliphatic rings. The fourth-order valence-electron chi connectivity index (χ4n) is 1.52. The van der Waals surface area contributed by atoms with Crippen molar-refractivity contribution in [1.29, 1.82) is 0 Å². The van der Waals surface area contributed by atoms with Crippen molar-refractivity contribution in [3.63, 3.8) is 0 Å². The van der Waals surface area contributed by atoms with E-state index in [0.717, 1.165) is 11.1 Å². The number of phenolic OH excluding ortho intramolecular Hbond substituents is 1. The van der Waals surface area contributed by atoms with Gasteiger partial charge in [0.1, 0.15) is 5.75 Å². The molecule has 0 spiro atoms. The normalized spacial score (nSPS) is 9.58. The molecular weight excluding hydrogens is 260 g/mol. The first kappa shape index (κ1) is 13.2. The number of aromatic hydroxyl groups is 1. The summed E-state index contributed by atoms with van der Waals surface area (Å²) in [6.45, 7) is 1.98. The minimum absolute atomic E-state index is 0.118. The van der Waals surface area contributed by atoms with Crippen LogP contribution in [0.2, 0.25) is 5.02 Å². The van der Waals surface area contributed by atoms with Gasteiger partial charge in [-0.1, -0.05) is 35.2 Å². The van der Waals surface area contributed by atoms with Gasteiger partial charge in [0.05, 0.1) is 5.56 Å². The first-order valence-electron chi connectivity index (χ1n) is 5.68. The van der Waals surface area contributed by atoms with E-state index in [4.69, 9.17) is 11.6 Å². The molecule has 0 aromatic heterocycles. The summed E-state index contributed by atoms with van der Waals surface area (Å²) in [6, 6.07) is 11.8. The molecule has 3 heteroatoms. The van der Waals surface area contributed by atoms with Crippen molar-refractivity contribution >= 4 is 17.4 Å². The van der Waals surface area contributed by atoms with Crippen LogP contribution in [-0.2, 0) is 0 Å². The smallest absolute Gasteiger partial charge is 0.240 e. The fraction of sp³-hybridized carbons (Fsp3) is 0.0625. The van der Waals surface area contributed by atoms with Crippen molar-refractivity contribution in [2.75, 3.05) is 0 Å². The van der Waals surface area contributed by atoms with Crippen molar-refractivity contribution in [2.45, 2.75) is 6.92 Å². The van der Waals surface area contributed by atoms with E-state index < -0.39 is 5.78 Å². The van der Waals surface area contributed by atoms with E-state index >= 15 is 0 Å². The van der Waals surface area contributed by atoms with Gasteiger partial charge in [-0.2, -0.15) is 0 Å². The molecule has 0 fully saturated rings. The number of benzene rings is 2. The monoisotopic (exact) mass is 270 g/mol. The molecular formula is C16H11ClO2. The van der Waals surface area contributed by atoms with Crippen LogP contribution < -0.4 is 0 Å². The Bertz CT molecular complexity index is 676. The van der Waals surface area contributed by atoms with E-state index in [1.807, 2.05) is 31.2 Å². The number of carbonyl (C=O) groups is 1. The Labute approximate surface area is 116 Å². The number of hydrogen-bond acceptors (Lipinski definition) is 2. The van der Waals surface area contributed by atoms with E-state index in [0.29, 0.717) is 5.02 Å². The molecule has 2 aromatic rings. The number of Topliss-reactive ketones (excluding diaryl/α,β-unsaturated/α-hetero) is 1. The molecule has 0 heterocycles. The van der Waals surface area contributed by atoms with Crippen molar-refractivity contribution in [3.8, 4) is 17.6 Å². The van der Waals surface area contributed by atoms with Gasteiger partial charge < -0.3 is 5.11 Å². The number of hydrogen-bond donors (Lipinski definition) is 1. The number of aryl methyl sites for hydroxylation is 1. The van der Waals surface area contributed by atoms with Gasteiger partial charge in [0.2, 0.25) is 5.78 Å². The number of carbonyl (C=O) groups excluding carboxylic acids is 1. The van der Waals surface area contributed by atoms with Gasteiger partial charge in [-0.25, -0.2) is 0 Å². The van der Waals surface area contributed by atoms with Crippen LogP contribution in [0.5, 0.6) is 5.75 Å². The lowest BCUT2D eigenvalue weighted by Gasteiger charge is -1.99. The Morgan fingerprint density at radius 3 is 2.53 bits per heavy atom. The largest absolute Gasteiger partial charge is 0.507 e. The van der Waals surface area contributed by atoms with Gasteiger partial charge in [0.15, 0.2) is 0 Å². The maximum atomic E-state index is 11.9. The zero-order valence-corrected chi connectivity index (χ0v) is 11.0. The third-order valence-electron chi connectivity index (χ3n) is 2.58. The van der Waals surface area contributed by atoms with Crippen molar-refractivity contribution < 1.29 is 9.90 Å². The van der Waals surface area contributed by atoms with Crippen LogP contribution >= 0.6 is 11.6 Å². The van der Waals surface area contributed by atoms with Crippen LogP contribution in [0.3, 0.4) is 0 Å². The van der Waals surface area contributed by atoms with Gasteiger partial charge in [-0.3, -0.25) is 4.79 Å². The lowest BCUT2D eigenvalue weighted by atomic mass is 10.1. The average molecular weight is 271 g/mol. The number of ketones is 1. The SMILES string of the molecule is Cc1ccc(C#CC(=O)c2cc(Cl)ccc2O)cc1. The number of phenols is 1. The first-order valence-corrected chi connectivity index (χ1v) is 6.05. The Morgan fingerprint density at radius 2 is 1.84 bits per heavy atom. The molecule has 2 nitrogen and oxygen atoms in total. The highest BCUT2D eigenvalue weighted by Gasteiger charge is 2.08. The third kappa shape index (κ3) is 3.37. The standard InChI is InChI=1S/C16H11ClO2/c1-11-2-4-12(5-3-11)6-8-15(18)14-10-13(17)7-9-16(14)19/h2-5,7,9-10,19H,1H3. The van der Waals surface area contributed by atoms with Crippen LogP contribution in [0.1, 0.15) is 21.5 Å². The number of halogens is 1. The molecule has 2 aromatic carbocycles. The highest BCUT2D eigenvalue weighted by molar-refractivity contribution is 6.31. The molecule has 0 bridgehead atoms. The van der Waals surface area contributed by atoms with Crippen LogP contribution in [0.15, 0.2) is 42.5 Å². The quantitative estimate of drug-likeness (QED) is 0.635. The third-order valence-corrected chi connectivity index (χ3v) is 2.81. The van der Waals surface area contributed by atoms with E-state index in [2.05, 4.69) is 11.8 Å². The zero-order chi connectivity index (χ0) is 13.8. The van der Waals surface area contributed by atoms with Gasteiger partial charge >= 0.3 is 0 Å². The molecule has 1 N–H and O–H groups in total. The maximum absolute atomic E-state index is 11.9. The minimum Gasteiger partial charge on any atom is -0.507 e. The summed E-state index contributed by atoms with van der Waals surface area (Å²) in [4.78, 5) is 11.9. The summed E-state index contributed by atoms with van der Waals surface area (Å²) in [5.74, 6) is 4.68. The summed E-state index contributed by atoms with van der Waals surface area (Å²) < 4.78 is 0. The van der Waals surface area contributed by atoms with Gasteiger partial charge in [-0.05, 0) is 43.2 Å². The molecule has 0 aliphatic carbocycles. The van der Waals surface area contributed by atoms with Crippen LogP contribution in [0, 0.1) is 18.8 Å². The Kier molecular flexibility index (Phi) is 3.89. The number of rotatable bonds is 1.